The highest BCUT2D eigenvalue weighted by Gasteiger charge is 2.23. The first-order chi connectivity index (χ1) is 13.8. The molecule has 2 aromatic carbocycles. The summed E-state index contributed by atoms with van der Waals surface area (Å²) < 4.78 is 5.73. The molecule has 1 aliphatic rings. The standard InChI is InChI=1S/C22H20N4O2/c27-21(26-11-9-25(10-12-26)20-14-23-7-8-24-20)13-17-15-28-19-6-5-16-3-1-2-4-18(16)22(17)19/h1-8,14-15H,9-13H2. The third kappa shape index (κ3) is 2.97. The van der Waals surface area contributed by atoms with E-state index in [1.807, 2.05) is 23.1 Å². The van der Waals surface area contributed by atoms with E-state index in [1.54, 1.807) is 24.9 Å². The number of carbonyl (C=O) groups excluding carboxylic acids is 1. The molecular weight excluding hydrogens is 352 g/mol. The summed E-state index contributed by atoms with van der Waals surface area (Å²) in [6.07, 6.45) is 7.21. The Hall–Kier alpha value is -3.41. The van der Waals surface area contributed by atoms with Crippen molar-refractivity contribution < 1.29 is 9.21 Å². The molecule has 4 aromatic rings. The Morgan fingerprint density at radius 1 is 1.04 bits per heavy atom. The van der Waals surface area contributed by atoms with Crippen LogP contribution in [0.5, 0.6) is 0 Å². The number of anilines is 1. The van der Waals surface area contributed by atoms with Crippen molar-refractivity contribution in [2.24, 2.45) is 0 Å². The lowest BCUT2D eigenvalue weighted by Gasteiger charge is -2.35. The van der Waals surface area contributed by atoms with Crippen LogP contribution in [0.2, 0.25) is 0 Å². The van der Waals surface area contributed by atoms with Crippen molar-refractivity contribution in [2.75, 3.05) is 31.1 Å². The Balaban J connectivity index is 1.33. The van der Waals surface area contributed by atoms with E-state index < -0.39 is 0 Å². The molecule has 0 radical (unpaired) electrons. The molecule has 0 atom stereocenters. The van der Waals surface area contributed by atoms with Crippen LogP contribution in [0.25, 0.3) is 21.7 Å². The van der Waals surface area contributed by atoms with Crippen molar-refractivity contribution in [3.63, 3.8) is 0 Å². The van der Waals surface area contributed by atoms with Crippen LogP contribution in [0.15, 0.2) is 65.7 Å². The van der Waals surface area contributed by atoms with Gasteiger partial charge in [0.25, 0.3) is 0 Å². The molecule has 1 amide bonds. The van der Waals surface area contributed by atoms with Crippen LogP contribution in [0.3, 0.4) is 0 Å². The average molecular weight is 372 g/mol. The maximum absolute atomic E-state index is 12.9. The van der Waals surface area contributed by atoms with E-state index in [1.165, 1.54) is 0 Å². The van der Waals surface area contributed by atoms with E-state index in [-0.39, 0.29) is 5.91 Å². The number of rotatable bonds is 3. The summed E-state index contributed by atoms with van der Waals surface area (Å²) in [5.74, 6) is 0.997. The molecule has 0 aliphatic carbocycles. The zero-order valence-electron chi connectivity index (χ0n) is 15.4. The highest BCUT2D eigenvalue weighted by Crippen LogP contribution is 2.30. The molecule has 140 valence electrons. The van der Waals surface area contributed by atoms with Crippen LogP contribution in [-0.2, 0) is 11.2 Å². The Labute approximate surface area is 162 Å². The van der Waals surface area contributed by atoms with E-state index in [0.717, 1.165) is 46.2 Å². The summed E-state index contributed by atoms with van der Waals surface area (Å²) in [5, 5.41) is 3.33. The zero-order valence-corrected chi connectivity index (χ0v) is 15.4. The molecule has 5 rings (SSSR count). The Bertz CT molecular complexity index is 1130. The fraction of sp³-hybridized carbons (Fsp3) is 0.227. The van der Waals surface area contributed by atoms with Crippen molar-refractivity contribution in [1.82, 2.24) is 14.9 Å². The van der Waals surface area contributed by atoms with Crippen molar-refractivity contribution in [3.8, 4) is 0 Å². The summed E-state index contributed by atoms with van der Waals surface area (Å²) in [7, 11) is 0. The van der Waals surface area contributed by atoms with Crippen LogP contribution in [0.4, 0.5) is 5.82 Å². The third-order valence-corrected chi connectivity index (χ3v) is 5.39. The fourth-order valence-electron chi connectivity index (χ4n) is 3.92. The smallest absolute Gasteiger partial charge is 0.227 e. The maximum Gasteiger partial charge on any atom is 0.227 e. The summed E-state index contributed by atoms with van der Waals surface area (Å²) >= 11 is 0. The van der Waals surface area contributed by atoms with Crippen LogP contribution < -0.4 is 4.90 Å². The second-order valence-corrected chi connectivity index (χ2v) is 7.03. The van der Waals surface area contributed by atoms with E-state index in [9.17, 15) is 4.79 Å². The quantitative estimate of drug-likeness (QED) is 0.552. The van der Waals surface area contributed by atoms with Gasteiger partial charge in [0.15, 0.2) is 0 Å². The van der Waals surface area contributed by atoms with Gasteiger partial charge in [-0.15, -0.1) is 0 Å². The number of benzene rings is 2. The number of fused-ring (bicyclic) bond motifs is 3. The first kappa shape index (κ1) is 16.7. The zero-order chi connectivity index (χ0) is 18.9. The molecule has 2 aromatic heterocycles. The molecule has 0 unspecified atom stereocenters. The van der Waals surface area contributed by atoms with Gasteiger partial charge in [-0.25, -0.2) is 4.98 Å². The molecule has 0 saturated carbocycles. The normalized spacial score (nSPS) is 14.7. The average Bonchev–Trinajstić information content (AvgIpc) is 3.18. The lowest BCUT2D eigenvalue weighted by atomic mass is 10.0. The first-order valence-electron chi connectivity index (χ1n) is 9.46. The molecule has 1 fully saturated rings. The Kier molecular flexibility index (Phi) is 4.16. The van der Waals surface area contributed by atoms with Gasteiger partial charge in [0.1, 0.15) is 11.4 Å². The van der Waals surface area contributed by atoms with Gasteiger partial charge in [0.2, 0.25) is 5.91 Å². The number of amides is 1. The van der Waals surface area contributed by atoms with E-state index in [2.05, 4.69) is 33.1 Å². The van der Waals surface area contributed by atoms with E-state index in [0.29, 0.717) is 19.5 Å². The van der Waals surface area contributed by atoms with Gasteiger partial charge in [-0.2, -0.15) is 0 Å². The number of hydrogen-bond donors (Lipinski definition) is 0. The lowest BCUT2D eigenvalue weighted by Crippen LogP contribution is -2.49. The van der Waals surface area contributed by atoms with Crippen LogP contribution in [0, 0.1) is 0 Å². The highest BCUT2D eigenvalue weighted by molar-refractivity contribution is 6.08. The maximum atomic E-state index is 12.9. The van der Waals surface area contributed by atoms with E-state index in [4.69, 9.17) is 4.42 Å². The molecule has 0 spiro atoms. The monoisotopic (exact) mass is 372 g/mol. The number of aromatic nitrogens is 2. The second-order valence-electron chi connectivity index (χ2n) is 7.03. The minimum absolute atomic E-state index is 0.134. The molecule has 6 heteroatoms. The van der Waals surface area contributed by atoms with Gasteiger partial charge in [0, 0.05) is 49.5 Å². The largest absolute Gasteiger partial charge is 0.464 e. The summed E-state index contributed by atoms with van der Waals surface area (Å²) in [6, 6.07) is 12.2. The van der Waals surface area contributed by atoms with Crippen LogP contribution in [0.1, 0.15) is 5.56 Å². The fourth-order valence-corrected chi connectivity index (χ4v) is 3.92. The van der Waals surface area contributed by atoms with Gasteiger partial charge >= 0.3 is 0 Å². The Morgan fingerprint density at radius 2 is 1.89 bits per heavy atom. The minimum Gasteiger partial charge on any atom is -0.464 e. The first-order valence-corrected chi connectivity index (χ1v) is 9.46. The van der Waals surface area contributed by atoms with Gasteiger partial charge in [-0.3, -0.25) is 9.78 Å². The highest BCUT2D eigenvalue weighted by atomic mass is 16.3. The molecule has 0 bridgehead atoms. The van der Waals surface area contributed by atoms with Crippen molar-refractivity contribution >= 4 is 33.5 Å². The van der Waals surface area contributed by atoms with Gasteiger partial charge < -0.3 is 14.2 Å². The molecule has 6 nitrogen and oxygen atoms in total. The van der Waals surface area contributed by atoms with Crippen LogP contribution >= 0.6 is 0 Å². The van der Waals surface area contributed by atoms with Crippen molar-refractivity contribution in [3.05, 3.63) is 66.8 Å². The lowest BCUT2D eigenvalue weighted by molar-refractivity contribution is -0.130. The predicted octanol–water partition coefficient (Wildman–Crippen LogP) is 3.27. The van der Waals surface area contributed by atoms with Crippen molar-refractivity contribution in [2.45, 2.75) is 6.42 Å². The molecule has 1 aliphatic heterocycles. The molecule has 0 N–H and O–H groups in total. The number of furan rings is 1. The predicted molar refractivity (Wildman–Crippen MR) is 108 cm³/mol. The van der Waals surface area contributed by atoms with Crippen LogP contribution in [-0.4, -0.2) is 47.0 Å². The summed E-state index contributed by atoms with van der Waals surface area (Å²) in [4.78, 5) is 25.5. The summed E-state index contributed by atoms with van der Waals surface area (Å²) in [5.41, 5.74) is 1.78. The number of piperazine rings is 1. The molecule has 3 heterocycles. The SMILES string of the molecule is O=C(Cc1coc2ccc3ccccc3c12)N1CCN(c2cnccn2)CC1. The van der Waals surface area contributed by atoms with E-state index >= 15 is 0 Å². The molecular formula is C22H20N4O2. The topological polar surface area (TPSA) is 62.5 Å². The number of hydrogen-bond acceptors (Lipinski definition) is 5. The molecule has 1 saturated heterocycles. The Morgan fingerprint density at radius 3 is 2.71 bits per heavy atom. The second kappa shape index (κ2) is 6.96. The number of carbonyl (C=O) groups is 1. The third-order valence-electron chi connectivity index (χ3n) is 5.39. The summed E-state index contributed by atoms with van der Waals surface area (Å²) in [6.45, 7) is 2.90. The van der Waals surface area contributed by atoms with Gasteiger partial charge in [-0.1, -0.05) is 30.3 Å². The van der Waals surface area contributed by atoms with Gasteiger partial charge in [-0.05, 0) is 16.8 Å². The minimum atomic E-state index is 0.134. The number of nitrogens with zero attached hydrogens (tertiary/aromatic N) is 4. The van der Waals surface area contributed by atoms with Gasteiger partial charge in [0.05, 0.1) is 18.9 Å². The van der Waals surface area contributed by atoms with Crippen molar-refractivity contribution in [1.29, 1.82) is 0 Å². The molecule has 28 heavy (non-hydrogen) atoms.